The number of fused-ring (bicyclic) bond motifs is 2. The van der Waals surface area contributed by atoms with E-state index in [1.807, 2.05) is 24.3 Å². The normalized spacial score (nSPS) is 18.7. The number of amides is 1. The van der Waals surface area contributed by atoms with Gasteiger partial charge in [-0.15, -0.1) is 0 Å². The Morgan fingerprint density at radius 3 is 2.56 bits per heavy atom. The molecule has 2 saturated heterocycles. The molecule has 0 aliphatic carbocycles. The topological polar surface area (TPSA) is 48.1 Å². The monoisotopic (exact) mass is 359 g/mol. The van der Waals surface area contributed by atoms with Crippen LogP contribution in [0.25, 0.3) is 22.0 Å². The van der Waals surface area contributed by atoms with Crippen LogP contribution in [0.4, 0.5) is 0 Å². The summed E-state index contributed by atoms with van der Waals surface area (Å²) in [4.78, 5) is 18.6. The third-order valence-electron chi connectivity index (χ3n) is 6.36. The third kappa shape index (κ3) is 2.94. The second-order valence-electron chi connectivity index (χ2n) is 7.95. The van der Waals surface area contributed by atoms with Crippen LogP contribution in [0.2, 0.25) is 0 Å². The molecule has 2 aliphatic heterocycles. The van der Waals surface area contributed by atoms with E-state index < -0.39 is 0 Å². The maximum Gasteiger partial charge on any atom is 0.267 e. The van der Waals surface area contributed by atoms with Crippen LogP contribution < -0.4 is 5.32 Å². The first-order valence-electron chi connectivity index (χ1n) is 9.95. The fourth-order valence-electron chi connectivity index (χ4n) is 4.91. The summed E-state index contributed by atoms with van der Waals surface area (Å²) >= 11 is 0. The van der Waals surface area contributed by atoms with E-state index in [0.29, 0.717) is 5.69 Å². The summed E-state index contributed by atoms with van der Waals surface area (Å²) in [7, 11) is 0. The number of H-pyrrole nitrogens is 1. The number of rotatable bonds is 4. The summed E-state index contributed by atoms with van der Waals surface area (Å²) in [5, 5.41) is 4.27. The highest BCUT2D eigenvalue weighted by Crippen LogP contribution is 2.38. The molecular weight excluding hydrogens is 334 g/mol. The van der Waals surface area contributed by atoms with Gasteiger partial charge >= 0.3 is 0 Å². The molecule has 0 spiro atoms. The first-order chi connectivity index (χ1) is 13.2. The van der Waals surface area contributed by atoms with Crippen LogP contribution in [0.15, 0.2) is 54.6 Å². The smallest absolute Gasteiger partial charge is 0.267 e. The molecule has 1 amide bonds. The second-order valence-corrected chi connectivity index (χ2v) is 7.95. The molecular formula is C23H25N3O. The lowest BCUT2D eigenvalue weighted by molar-refractivity contribution is 0.0915. The lowest BCUT2D eigenvalue weighted by Gasteiger charge is -2.32. The van der Waals surface area contributed by atoms with Gasteiger partial charge in [0.15, 0.2) is 0 Å². The quantitative estimate of drug-likeness (QED) is 0.734. The van der Waals surface area contributed by atoms with Gasteiger partial charge in [-0.3, -0.25) is 9.69 Å². The van der Waals surface area contributed by atoms with Crippen molar-refractivity contribution in [2.75, 3.05) is 19.6 Å². The zero-order chi connectivity index (χ0) is 18.3. The average Bonchev–Trinajstić information content (AvgIpc) is 3.39. The van der Waals surface area contributed by atoms with E-state index in [1.165, 1.54) is 44.3 Å². The summed E-state index contributed by atoms with van der Waals surface area (Å²) in [6.07, 6.45) is 4.93. The maximum atomic E-state index is 12.8. The first-order valence-corrected chi connectivity index (χ1v) is 9.95. The molecule has 5 rings (SSSR count). The van der Waals surface area contributed by atoms with Crippen LogP contribution >= 0.6 is 0 Å². The minimum Gasteiger partial charge on any atom is -0.351 e. The first kappa shape index (κ1) is 16.6. The Kier molecular flexibility index (Phi) is 4.01. The molecule has 2 aliphatic rings. The van der Waals surface area contributed by atoms with Crippen LogP contribution in [0.5, 0.6) is 0 Å². The van der Waals surface area contributed by atoms with Gasteiger partial charge in [0, 0.05) is 23.0 Å². The largest absolute Gasteiger partial charge is 0.351 e. The molecule has 27 heavy (non-hydrogen) atoms. The van der Waals surface area contributed by atoms with Crippen LogP contribution in [0, 0.1) is 0 Å². The van der Waals surface area contributed by atoms with Crippen LogP contribution in [0.3, 0.4) is 0 Å². The third-order valence-corrected chi connectivity index (χ3v) is 6.36. The van der Waals surface area contributed by atoms with Crippen LogP contribution in [0.1, 0.15) is 36.2 Å². The number of hydrogen-bond donors (Lipinski definition) is 2. The van der Waals surface area contributed by atoms with Gasteiger partial charge in [-0.25, -0.2) is 0 Å². The minimum atomic E-state index is 0.000543. The Balaban J connectivity index is 1.35. The number of carbonyl (C=O) groups excluding carboxylic acids is 1. The lowest BCUT2D eigenvalue weighted by atomic mass is 9.94. The molecule has 0 radical (unpaired) electrons. The summed E-state index contributed by atoms with van der Waals surface area (Å²) in [6, 6.07) is 18.6. The zero-order valence-electron chi connectivity index (χ0n) is 15.5. The van der Waals surface area contributed by atoms with Gasteiger partial charge in [0.25, 0.3) is 5.91 Å². The predicted molar refractivity (Wildman–Crippen MR) is 109 cm³/mol. The van der Waals surface area contributed by atoms with E-state index in [0.717, 1.165) is 23.0 Å². The van der Waals surface area contributed by atoms with E-state index >= 15 is 0 Å². The Morgan fingerprint density at radius 1 is 1.00 bits per heavy atom. The van der Waals surface area contributed by atoms with Crippen molar-refractivity contribution in [3.8, 4) is 11.1 Å². The van der Waals surface area contributed by atoms with Crippen molar-refractivity contribution < 1.29 is 4.79 Å². The molecule has 0 atom stereocenters. The Hall–Kier alpha value is -2.59. The van der Waals surface area contributed by atoms with Crippen molar-refractivity contribution >= 4 is 16.8 Å². The molecule has 2 fully saturated rings. The molecule has 0 saturated carbocycles. The average molecular weight is 359 g/mol. The van der Waals surface area contributed by atoms with Gasteiger partial charge < -0.3 is 10.3 Å². The predicted octanol–water partition coefficient (Wildman–Crippen LogP) is 4.19. The molecule has 4 heteroatoms. The summed E-state index contributed by atoms with van der Waals surface area (Å²) in [6.45, 7) is 3.13. The van der Waals surface area contributed by atoms with Gasteiger partial charge in [0.2, 0.25) is 0 Å². The Labute approximate surface area is 159 Å². The summed E-state index contributed by atoms with van der Waals surface area (Å²) < 4.78 is 0. The molecule has 1 aromatic heterocycles. The van der Waals surface area contributed by atoms with E-state index in [2.05, 4.69) is 45.5 Å². The highest BCUT2D eigenvalue weighted by molar-refractivity contribution is 5.98. The van der Waals surface area contributed by atoms with Crippen molar-refractivity contribution in [1.29, 1.82) is 0 Å². The SMILES string of the molecule is O=C(NCC12CCCN1CCC2)c1cc2ccc(-c3ccccc3)cc2[nH]1. The number of aromatic nitrogens is 1. The number of nitrogens with one attached hydrogen (secondary N) is 2. The highest BCUT2D eigenvalue weighted by atomic mass is 16.1. The molecule has 4 nitrogen and oxygen atoms in total. The fourth-order valence-corrected chi connectivity index (χ4v) is 4.91. The number of nitrogens with zero attached hydrogens (tertiary/aromatic N) is 1. The lowest BCUT2D eigenvalue weighted by Crippen LogP contribution is -2.48. The van der Waals surface area contributed by atoms with E-state index in [4.69, 9.17) is 0 Å². The molecule has 3 aromatic rings. The van der Waals surface area contributed by atoms with Crippen LogP contribution in [-0.2, 0) is 0 Å². The van der Waals surface area contributed by atoms with Crippen molar-refractivity contribution in [3.05, 3.63) is 60.3 Å². The van der Waals surface area contributed by atoms with Gasteiger partial charge in [-0.05, 0) is 62.0 Å². The maximum absolute atomic E-state index is 12.8. The number of benzene rings is 2. The van der Waals surface area contributed by atoms with Gasteiger partial charge in [-0.2, -0.15) is 0 Å². The van der Waals surface area contributed by atoms with E-state index in [-0.39, 0.29) is 11.4 Å². The minimum absolute atomic E-state index is 0.000543. The standard InChI is InChI=1S/C23H25N3O/c27-22(24-16-23-10-4-12-26(23)13-5-11-23)21-15-19-9-8-18(14-20(19)25-21)17-6-2-1-3-7-17/h1-3,6-9,14-15,25H,4-5,10-13,16H2,(H,24,27). The van der Waals surface area contributed by atoms with Crippen molar-refractivity contribution in [3.63, 3.8) is 0 Å². The van der Waals surface area contributed by atoms with E-state index in [9.17, 15) is 4.79 Å². The molecule has 138 valence electrons. The van der Waals surface area contributed by atoms with E-state index in [1.54, 1.807) is 0 Å². The number of hydrogen-bond acceptors (Lipinski definition) is 2. The Bertz CT molecular complexity index is 966. The summed E-state index contributed by atoms with van der Waals surface area (Å²) in [5.74, 6) is 0.000543. The molecule has 2 N–H and O–H groups in total. The van der Waals surface area contributed by atoms with Crippen molar-refractivity contribution in [2.45, 2.75) is 31.2 Å². The van der Waals surface area contributed by atoms with Crippen molar-refractivity contribution in [2.24, 2.45) is 0 Å². The molecule has 0 unspecified atom stereocenters. The summed E-state index contributed by atoms with van der Waals surface area (Å²) in [5.41, 5.74) is 4.20. The zero-order valence-corrected chi connectivity index (χ0v) is 15.5. The number of carbonyl (C=O) groups is 1. The highest BCUT2D eigenvalue weighted by Gasteiger charge is 2.44. The van der Waals surface area contributed by atoms with Crippen LogP contribution in [-0.4, -0.2) is 41.0 Å². The second kappa shape index (κ2) is 6.54. The Morgan fingerprint density at radius 2 is 1.78 bits per heavy atom. The molecule has 3 heterocycles. The molecule has 2 aromatic carbocycles. The van der Waals surface area contributed by atoms with Gasteiger partial charge in [0.05, 0.1) is 0 Å². The number of aromatic amines is 1. The van der Waals surface area contributed by atoms with Gasteiger partial charge in [-0.1, -0.05) is 42.5 Å². The fraction of sp³-hybridized carbons (Fsp3) is 0.348. The van der Waals surface area contributed by atoms with Crippen molar-refractivity contribution in [1.82, 2.24) is 15.2 Å². The molecule has 0 bridgehead atoms. The van der Waals surface area contributed by atoms with Gasteiger partial charge in [0.1, 0.15) is 5.69 Å².